The van der Waals surface area contributed by atoms with E-state index in [1.807, 2.05) is 42.1 Å². The van der Waals surface area contributed by atoms with Gasteiger partial charge in [0, 0.05) is 16.7 Å². The Bertz CT molecular complexity index is 1550. The number of methoxy groups -OCH3 is 1. The number of hydrogen-bond donors (Lipinski definition) is 1. The van der Waals surface area contributed by atoms with E-state index in [-0.39, 0.29) is 0 Å². The Morgan fingerprint density at radius 1 is 0.837 bits per heavy atom. The van der Waals surface area contributed by atoms with Crippen LogP contribution in [0, 0.1) is 0 Å². The van der Waals surface area contributed by atoms with Gasteiger partial charge in [0.05, 0.1) is 18.2 Å². The Hall–Kier alpha value is -3.71. The van der Waals surface area contributed by atoms with Gasteiger partial charge in [0.2, 0.25) is 0 Å². The van der Waals surface area contributed by atoms with Gasteiger partial charge in [0.25, 0.3) is 0 Å². The zero-order valence-electron chi connectivity index (χ0n) is 24.6. The molecular weight excluding hydrogens is 569 g/mol. The van der Waals surface area contributed by atoms with Crippen LogP contribution in [0.15, 0.2) is 113 Å². The summed E-state index contributed by atoms with van der Waals surface area (Å²) in [5, 5.41) is 2.14. The quantitative estimate of drug-likeness (QED) is 0.0873. The maximum Gasteiger partial charge on any atom is 0.150 e. The number of nitrogens with two attached hydrogens (primary N) is 1. The van der Waals surface area contributed by atoms with Crippen LogP contribution in [0.5, 0.6) is 5.75 Å². The lowest BCUT2D eigenvalue weighted by atomic mass is 9.75. The van der Waals surface area contributed by atoms with Crippen molar-refractivity contribution in [2.45, 2.75) is 41.9 Å². The second kappa shape index (κ2) is 15.1. The third kappa shape index (κ3) is 7.27. The zero-order chi connectivity index (χ0) is 29.9. The van der Waals surface area contributed by atoms with E-state index in [1.165, 1.54) is 39.7 Å². The fraction of sp³-hybridized carbons (Fsp3) is 0.243. The van der Waals surface area contributed by atoms with Gasteiger partial charge < -0.3 is 15.3 Å². The second-order valence-corrected chi connectivity index (χ2v) is 12.8. The Morgan fingerprint density at radius 3 is 2.12 bits per heavy atom. The van der Waals surface area contributed by atoms with E-state index >= 15 is 0 Å². The smallest absolute Gasteiger partial charge is 0.150 e. The molecule has 0 aliphatic heterocycles. The molecule has 43 heavy (non-hydrogen) atoms. The molecule has 0 atom stereocenters. The maximum atomic E-state index is 12.5. The number of nitrogens with zero attached hydrogens (tertiary/aromatic N) is 1. The van der Waals surface area contributed by atoms with Gasteiger partial charge in [-0.3, -0.25) is 0 Å². The van der Waals surface area contributed by atoms with Crippen molar-refractivity contribution < 1.29 is 9.53 Å². The van der Waals surface area contributed by atoms with Gasteiger partial charge in [-0.1, -0.05) is 116 Å². The number of carbonyl (C=O) groups is 1. The average Bonchev–Trinajstić information content (AvgIpc) is 3.65. The maximum absolute atomic E-state index is 12.5. The average molecular weight is 607 g/mol. The Morgan fingerprint density at radius 2 is 1.49 bits per heavy atom. The number of thiazole rings is 1. The number of unbranched alkanes of at least 4 members (excludes halogenated alkanes) is 2. The van der Waals surface area contributed by atoms with Crippen molar-refractivity contribution in [3.05, 3.63) is 125 Å². The molecule has 1 heterocycles. The lowest BCUT2D eigenvalue weighted by Crippen LogP contribution is -2.27. The SMILES string of the molecule is COc1ccc(CCN)cc1.O=CC1(CCCCCSc2nc(-c3ccccc3)cs2)c2ccccc2-c2ccccc21. The standard InChI is InChI=1S/C28H25NOS2.C9H13NO/c30-20-28(24-15-7-5-13-22(24)23-14-6-8-16-25(23)28)17-9-2-10-18-31-27-29-26(19-32-27)21-11-3-1-4-12-21;1-11-9-4-2-8(3-5-9)6-7-10/h1,3-8,11-16,19-20H,2,9-10,17-18H2;2-5H,6-7,10H2,1H3. The molecule has 220 valence electrons. The molecule has 0 fully saturated rings. The van der Waals surface area contributed by atoms with Crippen molar-refractivity contribution in [1.29, 1.82) is 0 Å². The lowest BCUT2D eigenvalue weighted by Gasteiger charge is -2.25. The molecule has 1 aromatic heterocycles. The topological polar surface area (TPSA) is 65.2 Å². The molecule has 2 N–H and O–H groups in total. The highest BCUT2D eigenvalue weighted by Crippen LogP contribution is 2.50. The summed E-state index contributed by atoms with van der Waals surface area (Å²) in [5.41, 5.74) is 13.2. The largest absolute Gasteiger partial charge is 0.497 e. The van der Waals surface area contributed by atoms with E-state index in [9.17, 15) is 4.79 Å². The van der Waals surface area contributed by atoms with Crippen molar-refractivity contribution >= 4 is 29.4 Å². The molecule has 0 saturated carbocycles. The lowest BCUT2D eigenvalue weighted by molar-refractivity contribution is -0.111. The highest BCUT2D eigenvalue weighted by molar-refractivity contribution is 8.01. The van der Waals surface area contributed by atoms with Gasteiger partial charge in [-0.05, 0) is 65.8 Å². The van der Waals surface area contributed by atoms with Crippen LogP contribution in [0.2, 0.25) is 0 Å². The van der Waals surface area contributed by atoms with Crippen LogP contribution in [-0.2, 0) is 16.6 Å². The monoisotopic (exact) mass is 606 g/mol. The molecule has 6 heteroatoms. The minimum Gasteiger partial charge on any atom is -0.497 e. The predicted octanol–water partition coefficient (Wildman–Crippen LogP) is 8.82. The fourth-order valence-corrected chi connectivity index (χ4v) is 7.59. The van der Waals surface area contributed by atoms with Crippen LogP contribution in [0.25, 0.3) is 22.4 Å². The molecule has 0 spiro atoms. The van der Waals surface area contributed by atoms with Gasteiger partial charge in [-0.25, -0.2) is 4.98 Å². The Kier molecular flexibility index (Phi) is 10.8. The normalized spacial score (nSPS) is 12.5. The summed E-state index contributed by atoms with van der Waals surface area (Å²) in [5.74, 6) is 1.95. The van der Waals surface area contributed by atoms with Gasteiger partial charge in [-0.2, -0.15) is 0 Å². The molecule has 0 radical (unpaired) electrons. The minimum absolute atomic E-state index is 0.500. The van der Waals surface area contributed by atoms with Crippen molar-refractivity contribution in [2.75, 3.05) is 19.4 Å². The molecule has 1 aliphatic carbocycles. The van der Waals surface area contributed by atoms with E-state index in [0.29, 0.717) is 6.54 Å². The van der Waals surface area contributed by atoms with Crippen molar-refractivity contribution in [1.82, 2.24) is 4.98 Å². The molecule has 0 amide bonds. The molecule has 5 aromatic rings. The number of ether oxygens (including phenoxy) is 1. The molecule has 6 rings (SSSR count). The van der Waals surface area contributed by atoms with Crippen LogP contribution in [0.4, 0.5) is 0 Å². The van der Waals surface area contributed by atoms with E-state index < -0.39 is 5.41 Å². The summed E-state index contributed by atoms with van der Waals surface area (Å²) in [4.78, 5) is 17.2. The number of carbonyl (C=O) groups excluding carboxylic acids is 1. The number of aldehydes is 1. The molecule has 1 aliphatic rings. The second-order valence-electron chi connectivity index (χ2n) is 10.6. The van der Waals surface area contributed by atoms with Crippen LogP contribution < -0.4 is 10.5 Å². The number of rotatable bonds is 12. The number of aromatic nitrogens is 1. The molecule has 0 bridgehead atoms. The summed E-state index contributed by atoms with van der Waals surface area (Å²) in [6.45, 7) is 0.701. The number of thioether (sulfide) groups is 1. The molecule has 0 unspecified atom stereocenters. The first-order chi connectivity index (χ1) is 21.2. The first-order valence-electron chi connectivity index (χ1n) is 14.8. The summed E-state index contributed by atoms with van der Waals surface area (Å²) >= 11 is 3.56. The third-order valence-corrected chi connectivity index (χ3v) is 10.00. The summed E-state index contributed by atoms with van der Waals surface area (Å²) in [6.07, 6.45) is 6.27. The molecule has 4 aromatic carbocycles. The summed E-state index contributed by atoms with van der Waals surface area (Å²) in [7, 11) is 1.66. The Labute approximate surface area is 263 Å². The van der Waals surface area contributed by atoms with Crippen molar-refractivity contribution in [3.63, 3.8) is 0 Å². The van der Waals surface area contributed by atoms with Gasteiger partial charge in [0.1, 0.15) is 12.0 Å². The van der Waals surface area contributed by atoms with Crippen molar-refractivity contribution in [3.8, 4) is 28.1 Å². The fourth-order valence-electron chi connectivity index (χ4n) is 5.68. The first kappa shape index (κ1) is 30.7. The van der Waals surface area contributed by atoms with E-state index in [2.05, 4.69) is 78.2 Å². The van der Waals surface area contributed by atoms with Gasteiger partial charge in [0.15, 0.2) is 4.34 Å². The predicted molar refractivity (Wildman–Crippen MR) is 181 cm³/mol. The van der Waals surface area contributed by atoms with E-state index in [1.54, 1.807) is 18.4 Å². The highest BCUT2D eigenvalue weighted by Gasteiger charge is 2.42. The highest BCUT2D eigenvalue weighted by atomic mass is 32.2. The summed E-state index contributed by atoms with van der Waals surface area (Å²) < 4.78 is 6.15. The van der Waals surface area contributed by atoms with Crippen LogP contribution in [0.3, 0.4) is 0 Å². The molecular formula is C37H38N2O2S2. The Balaban J connectivity index is 0.000000283. The van der Waals surface area contributed by atoms with Crippen LogP contribution in [0.1, 0.15) is 42.4 Å². The zero-order valence-corrected chi connectivity index (χ0v) is 26.2. The van der Waals surface area contributed by atoms with E-state index in [0.717, 1.165) is 53.6 Å². The molecule has 0 saturated heterocycles. The number of hydrogen-bond acceptors (Lipinski definition) is 6. The third-order valence-electron chi connectivity index (χ3n) is 7.89. The minimum atomic E-state index is -0.500. The van der Waals surface area contributed by atoms with Crippen LogP contribution in [-0.4, -0.2) is 30.7 Å². The van der Waals surface area contributed by atoms with Gasteiger partial charge in [-0.15, -0.1) is 11.3 Å². The van der Waals surface area contributed by atoms with Crippen LogP contribution >= 0.6 is 23.1 Å². The van der Waals surface area contributed by atoms with Crippen molar-refractivity contribution in [2.24, 2.45) is 5.73 Å². The molecule has 4 nitrogen and oxygen atoms in total. The van der Waals surface area contributed by atoms with E-state index in [4.69, 9.17) is 15.5 Å². The number of benzene rings is 4. The van der Waals surface area contributed by atoms with Gasteiger partial charge >= 0.3 is 0 Å². The number of fused-ring (bicyclic) bond motifs is 3. The summed E-state index contributed by atoms with van der Waals surface area (Å²) in [6, 6.07) is 35.1. The first-order valence-corrected chi connectivity index (χ1v) is 16.7.